The molecule has 0 aliphatic heterocycles. The van der Waals surface area contributed by atoms with Crippen molar-refractivity contribution in [2.45, 2.75) is 90.9 Å². The maximum Gasteiger partial charge on any atom is -0.00175 e. The lowest BCUT2D eigenvalue weighted by molar-refractivity contribution is 0.590. The molecule has 0 amide bonds. The molecule has 3 aliphatic carbocycles. The van der Waals surface area contributed by atoms with Gasteiger partial charge in [-0.1, -0.05) is 132 Å². The van der Waals surface area contributed by atoms with E-state index in [-0.39, 0.29) is 10.8 Å². The van der Waals surface area contributed by atoms with Gasteiger partial charge in [0.1, 0.15) is 0 Å². The van der Waals surface area contributed by atoms with Crippen LogP contribution in [0.15, 0.2) is 103 Å². The van der Waals surface area contributed by atoms with E-state index in [0.717, 1.165) is 6.42 Å². The molecule has 0 heterocycles. The SMILES string of the molecule is CC(C)(C)c1cc2c(cc1-c1ccccc1)C(C1=CC=CC1)=c1c-2cc(C(C)(C)C)c(-c2ccccc2)c1=C1CCCCC1. The summed E-state index contributed by atoms with van der Waals surface area (Å²) < 4.78 is 0. The van der Waals surface area contributed by atoms with Crippen LogP contribution in [0.25, 0.3) is 44.5 Å². The smallest absolute Gasteiger partial charge is 0.00175 e. The normalized spacial score (nSPS) is 16.3. The molecule has 7 rings (SSSR count). The first-order valence-corrected chi connectivity index (χ1v) is 16.7. The minimum Gasteiger partial charge on any atom is -0.0801 e. The van der Waals surface area contributed by atoms with E-state index >= 15 is 0 Å². The summed E-state index contributed by atoms with van der Waals surface area (Å²) in [5.74, 6) is 0. The van der Waals surface area contributed by atoms with E-state index in [1.807, 2.05) is 0 Å². The van der Waals surface area contributed by atoms with Gasteiger partial charge >= 0.3 is 0 Å². The summed E-state index contributed by atoms with van der Waals surface area (Å²) in [6, 6.07) is 30.0. The Morgan fingerprint density at radius 2 is 1.16 bits per heavy atom. The van der Waals surface area contributed by atoms with Gasteiger partial charge in [-0.25, -0.2) is 0 Å². The minimum atomic E-state index is -0.00187. The maximum atomic E-state index is 2.59. The first-order valence-electron chi connectivity index (χ1n) is 16.7. The second-order valence-electron chi connectivity index (χ2n) is 15.1. The summed E-state index contributed by atoms with van der Waals surface area (Å²) in [5, 5.41) is 3.03. The molecule has 0 radical (unpaired) electrons. The van der Waals surface area contributed by atoms with Gasteiger partial charge in [-0.05, 0) is 133 Å². The monoisotopic (exact) mass is 574 g/mol. The van der Waals surface area contributed by atoms with Crippen molar-refractivity contribution in [3.05, 3.63) is 130 Å². The first kappa shape index (κ1) is 28.8. The number of allylic oxidation sites excluding steroid dienone is 4. The largest absolute Gasteiger partial charge is 0.0801 e. The highest BCUT2D eigenvalue weighted by Crippen LogP contribution is 2.46. The molecule has 0 unspecified atom stereocenters. The van der Waals surface area contributed by atoms with Crippen LogP contribution in [-0.2, 0) is 10.8 Å². The van der Waals surface area contributed by atoms with Crippen molar-refractivity contribution in [1.82, 2.24) is 0 Å². The number of hydrogen-bond donors (Lipinski definition) is 0. The van der Waals surface area contributed by atoms with Gasteiger partial charge in [-0.3, -0.25) is 0 Å². The molecule has 4 aromatic rings. The van der Waals surface area contributed by atoms with Gasteiger partial charge in [0.05, 0.1) is 0 Å². The highest BCUT2D eigenvalue weighted by atomic mass is 14.4. The van der Waals surface area contributed by atoms with Crippen LogP contribution in [0.5, 0.6) is 0 Å². The molecule has 0 saturated heterocycles. The van der Waals surface area contributed by atoms with Crippen LogP contribution in [0.2, 0.25) is 0 Å². The molecular weight excluding hydrogens is 528 g/mol. The Balaban J connectivity index is 1.71. The zero-order valence-corrected chi connectivity index (χ0v) is 27.5. The van der Waals surface area contributed by atoms with Gasteiger partial charge in [0.2, 0.25) is 0 Å². The molecule has 0 aromatic heterocycles. The van der Waals surface area contributed by atoms with Crippen molar-refractivity contribution < 1.29 is 0 Å². The predicted octanol–water partition coefficient (Wildman–Crippen LogP) is 10.8. The van der Waals surface area contributed by atoms with Crippen molar-refractivity contribution in [2.75, 3.05) is 0 Å². The average Bonchev–Trinajstić information content (AvgIpc) is 3.66. The number of benzene rings is 4. The van der Waals surface area contributed by atoms with Crippen molar-refractivity contribution in [3.8, 4) is 33.4 Å². The van der Waals surface area contributed by atoms with E-state index in [9.17, 15) is 0 Å². The molecule has 44 heavy (non-hydrogen) atoms. The van der Waals surface area contributed by atoms with Crippen LogP contribution in [0, 0.1) is 0 Å². The Labute approximate surface area is 264 Å². The summed E-state index contributed by atoms with van der Waals surface area (Å²) >= 11 is 0. The van der Waals surface area contributed by atoms with Crippen LogP contribution < -0.4 is 10.4 Å². The zero-order chi connectivity index (χ0) is 30.6. The first-order chi connectivity index (χ1) is 21.1. The summed E-state index contributed by atoms with van der Waals surface area (Å²) in [6.45, 7) is 14.3. The summed E-state index contributed by atoms with van der Waals surface area (Å²) in [5.41, 5.74) is 17.2. The van der Waals surface area contributed by atoms with Gasteiger partial charge in [-0.15, -0.1) is 0 Å². The summed E-state index contributed by atoms with van der Waals surface area (Å²) in [4.78, 5) is 0. The quantitative estimate of drug-likeness (QED) is 0.228. The van der Waals surface area contributed by atoms with E-state index in [1.54, 1.807) is 5.57 Å². The molecule has 1 saturated carbocycles. The molecule has 0 atom stereocenters. The highest BCUT2D eigenvalue weighted by molar-refractivity contribution is 6.00. The van der Waals surface area contributed by atoms with Crippen molar-refractivity contribution >= 4 is 11.1 Å². The third-order valence-corrected chi connectivity index (χ3v) is 9.96. The van der Waals surface area contributed by atoms with Crippen molar-refractivity contribution in [1.29, 1.82) is 0 Å². The highest BCUT2D eigenvalue weighted by Gasteiger charge is 2.32. The standard InChI is InChI=1S/C44H46/c1-43(2,3)37-27-34-35(26-33(37)29-18-10-7-11-19-29)39(30-24-16-17-25-30)42-36(34)28-38(44(4,5)6)40(31-20-12-8-13-21-31)41(42)32-22-14-9-15-23-32/h7-8,10-13,16-21,24,26-28H,9,14-15,22-23,25H2,1-6H3. The molecule has 0 heteroatoms. The van der Waals surface area contributed by atoms with Gasteiger partial charge in [0.25, 0.3) is 0 Å². The molecule has 1 fully saturated rings. The molecule has 0 nitrogen and oxygen atoms in total. The number of rotatable bonds is 3. The molecular formula is C44H46. The Bertz CT molecular complexity index is 1920. The van der Waals surface area contributed by atoms with Gasteiger partial charge in [0, 0.05) is 0 Å². The molecule has 0 N–H and O–H groups in total. The topological polar surface area (TPSA) is 0 Å². The average molecular weight is 575 g/mol. The van der Waals surface area contributed by atoms with Gasteiger partial charge < -0.3 is 0 Å². The fourth-order valence-corrected chi connectivity index (χ4v) is 7.84. The molecule has 222 valence electrons. The fraction of sp³-hybridized carbons (Fsp3) is 0.318. The summed E-state index contributed by atoms with van der Waals surface area (Å²) in [6.07, 6.45) is 14.3. The zero-order valence-electron chi connectivity index (χ0n) is 27.5. The fourth-order valence-electron chi connectivity index (χ4n) is 7.84. The lowest BCUT2D eigenvalue weighted by Gasteiger charge is -2.27. The molecule has 3 aliphatic rings. The van der Waals surface area contributed by atoms with E-state index in [4.69, 9.17) is 0 Å². The van der Waals surface area contributed by atoms with Crippen LogP contribution in [0.3, 0.4) is 0 Å². The number of fused-ring (bicyclic) bond motifs is 3. The Morgan fingerprint density at radius 3 is 1.75 bits per heavy atom. The molecule has 4 aromatic carbocycles. The van der Waals surface area contributed by atoms with Gasteiger partial charge in [-0.2, -0.15) is 0 Å². The van der Waals surface area contributed by atoms with E-state index in [1.165, 1.54) is 104 Å². The van der Waals surface area contributed by atoms with Crippen molar-refractivity contribution in [2.24, 2.45) is 0 Å². The molecule has 0 spiro atoms. The summed E-state index contributed by atoms with van der Waals surface area (Å²) in [7, 11) is 0. The Kier molecular flexibility index (Phi) is 7.16. The second-order valence-corrected chi connectivity index (χ2v) is 15.1. The minimum absolute atomic E-state index is 0.00187. The van der Waals surface area contributed by atoms with E-state index in [0.29, 0.717) is 0 Å². The third kappa shape index (κ3) is 4.93. The van der Waals surface area contributed by atoms with Crippen LogP contribution >= 0.6 is 0 Å². The lowest BCUT2D eigenvalue weighted by atomic mass is 9.77. The van der Waals surface area contributed by atoms with Crippen LogP contribution in [0.1, 0.15) is 96.8 Å². The predicted molar refractivity (Wildman–Crippen MR) is 190 cm³/mol. The molecule has 0 bridgehead atoms. The lowest BCUT2D eigenvalue weighted by Crippen LogP contribution is -2.35. The maximum absolute atomic E-state index is 2.59. The van der Waals surface area contributed by atoms with Crippen molar-refractivity contribution in [3.63, 3.8) is 0 Å². The third-order valence-electron chi connectivity index (χ3n) is 9.96. The Hall–Kier alpha value is -3.90. The van der Waals surface area contributed by atoms with Crippen LogP contribution in [0.4, 0.5) is 0 Å². The Morgan fingerprint density at radius 1 is 0.545 bits per heavy atom. The van der Waals surface area contributed by atoms with E-state index in [2.05, 4.69) is 139 Å². The second kappa shape index (κ2) is 10.9. The van der Waals surface area contributed by atoms with Gasteiger partial charge in [0.15, 0.2) is 0 Å². The van der Waals surface area contributed by atoms with Crippen LogP contribution in [-0.4, -0.2) is 0 Å². The van der Waals surface area contributed by atoms with E-state index < -0.39 is 0 Å². The number of hydrogen-bond acceptors (Lipinski definition) is 0.